The van der Waals surface area contributed by atoms with Crippen LogP contribution in [0.5, 0.6) is 0 Å². The first-order valence-corrected chi connectivity index (χ1v) is 9.23. The number of hydrogen-bond donors (Lipinski definition) is 2. The number of benzene rings is 2. The van der Waals surface area contributed by atoms with Crippen molar-refractivity contribution in [3.8, 4) is 0 Å². The van der Waals surface area contributed by atoms with Crippen molar-refractivity contribution >= 4 is 29.1 Å². The largest absolute Gasteiger partial charge is 0.416 e. The van der Waals surface area contributed by atoms with Gasteiger partial charge in [-0.2, -0.15) is 23.3 Å². The van der Waals surface area contributed by atoms with Gasteiger partial charge in [0, 0.05) is 16.4 Å². The highest BCUT2D eigenvalue weighted by Gasteiger charge is 2.34. The van der Waals surface area contributed by atoms with E-state index in [1.165, 1.54) is 23.1 Å². The lowest BCUT2D eigenvalue weighted by atomic mass is 9.95. The molecule has 0 radical (unpaired) electrons. The van der Waals surface area contributed by atoms with Gasteiger partial charge in [-0.25, -0.2) is 4.68 Å². The average molecular weight is 434 g/mol. The van der Waals surface area contributed by atoms with Gasteiger partial charge < -0.3 is 10.6 Å². The Morgan fingerprint density at radius 1 is 1.20 bits per heavy atom. The molecule has 0 saturated heterocycles. The standard InChI is InChI=1S/C20H15ClF3N5O/c1-11-16(18(30)28-15-4-2-3-13(9-15)20(22,23)24)17(12-5-7-14(21)8-6-12)29-19(27-11)25-10-26-29/h2-10,17H,1H3,(H,28,30)(H,25,26,27). The van der Waals surface area contributed by atoms with Crippen LogP contribution in [-0.2, 0) is 11.0 Å². The van der Waals surface area contributed by atoms with Gasteiger partial charge >= 0.3 is 6.18 Å². The number of allylic oxidation sites excluding steroid dienone is 1. The summed E-state index contributed by atoms with van der Waals surface area (Å²) in [5.74, 6) is -0.108. The minimum atomic E-state index is -4.51. The summed E-state index contributed by atoms with van der Waals surface area (Å²) in [5.41, 5.74) is 0.726. The Morgan fingerprint density at radius 3 is 2.63 bits per heavy atom. The molecular weight excluding hydrogens is 419 g/mol. The topological polar surface area (TPSA) is 71.8 Å². The van der Waals surface area contributed by atoms with Crippen molar-refractivity contribution in [1.82, 2.24) is 14.8 Å². The summed E-state index contributed by atoms with van der Waals surface area (Å²) in [6.07, 6.45) is -3.16. The summed E-state index contributed by atoms with van der Waals surface area (Å²) in [4.78, 5) is 17.3. The van der Waals surface area contributed by atoms with Gasteiger partial charge in [-0.05, 0) is 42.8 Å². The van der Waals surface area contributed by atoms with Gasteiger partial charge in [0.2, 0.25) is 5.95 Å². The van der Waals surface area contributed by atoms with Crippen LogP contribution in [0.1, 0.15) is 24.1 Å². The van der Waals surface area contributed by atoms with Crippen LogP contribution in [-0.4, -0.2) is 20.7 Å². The molecule has 154 valence electrons. The van der Waals surface area contributed by atoms with Gasteiger partial charge in [0.1, 0.15) is 12.4 Å². The van der Waals surface area contributed by atoms with Crippen LogP contribution >= 0.6 is 11.6 Å². The molecule has 2 aromatic carbocycles. The molecule has 30 heavy (non-hydrogen) atoms. The predicted molar refractivity (Wildman–Crippen MR) is 106 cm³/mol. The molecule has 1 unspecified atom stereocenters. The van der Waals surface area contributed by atoms with E-state index in [1.54, 1.807) is 31.2 Å². The molecule has 4 rings (SSSR count). The lowest BCUT2D eigenvalue weighted by Crippen LogP contribution is -2.31. The van der Waals surface area contributed by atoms with E-state index >= 15 is 0 Å². The molecule has 0 aliphatic carbocycles. The van der Waals surface area contributed by atoms with Crippen molar-refractivity contribution in [3.05, 3.63) is 82.3 Å². The molecule has 0 saturated carbocycles. The first-order chi connectivity index (χ1) is 14.2. The van der Waals surface area contributed by atoms with Crippen molar-refractivity contribution in [2.75, 3.05) is 10.6 Å². The van der Waals surface area contributed by atoms with Crippen molar-refractivity contribution < 1.29 is 18.0 Å². The van der Waals surface area contributed by atoms with Crippen molar-refractivity contribution in [3.63, 3.8) is 0 Å². The number of carbonyl (C=O) groups is 1. The van der Waals surface area contributed by atoms with Crippen LogP contribution in [0.3, 0.4) is 0 Å². The Bertz CT molecular complexity index is 1140. The van der Waals surface area contributed by atoms with Gasteiger partial charge in [0.15, 0.2) is 0 Å². The van der Waals surface area contributed by atoms with E-state index in [0.29, 0.717) is 22.2 Å². The number of alkyl halides is 3. The van der Waals surface area contributed by atoms with Crippen LogP contribution in [0, 0.1) is 0 Å². The third-order valence-corrected chi connectivity index (χ3v) is 4.92. The van der Waals surface area contributed by atoms with E-state index in [2.05, 4.69) is 20.7 Å². The van der Waals surface area contributed by atoms with Gasteiger partial charge in [0.25, 0.3) is 5.91 Å². The van der Waals surface area contributed by atoms with Crippen LogP contribution in [0.4, 0.5) is 24.8 Å². The molecule has 1 amide bonds. The maximum absolute atomic E-state index is 13.1. The van der Waals surface area contributed by atoms with Crippen molar-refractivity contribution in [1.29, 1.82) is 0 Å². The van der Waals surface area contributed by atoms with E-state index in [1.807, 2.05) is 0 Å². The number of halogens is 4. The third-order valence-electron chi connectivity index (χ3n) is 4.67. The number of amides is 1. The van der Waals surface area contributed by atoms with E-state index in [-0.39, 0.29) is 5.69 Å². The molecule has 6 nitrogen and oxygen atoms in total. The molecule has 1 aromatic heterocycles. The molecule has 0 fully saturated rings. The summed E-state index contributed by atoms with van der Waals surface area (Å²) < 4.78 is 40.6. The summed E-state index contributed by atoms with van der Waals surface area (Å²) in [7, 11) is 0. The zero-order valence-corrected chi connectivity index (χ0v) is 16.3. The number of aromatic nitrogens is 3. The van der Waals surface area contributed by atoms with Crippen LogP contribution in [0.25, 0.3) is 0 Å². The second-order valence-electron chi connectivity index (χ2n) is 6.68. The quantitative estimate of drug-likeness (QED) is 0.617. The number of fused-ring (bicyclic) bond motifs is 1. The number of carbonyl (C=O) groups excluding carboxylic acids is 1. The summed E-state index contributed by atoms with van der Waals surface area (Å²) >= 11 is 5.99. The molecule has 0 bridgehead atoms. The predicted octanol–water partition coefficient (Wildman–Crippen LogP) is 4.88. The second kappa shape index (κ2) is 7.49. The molecule has 1 atom stereocenters. The lowest BCUT2D eigenvalue weighted by molar-refractivity contribution is -0.137. The van der Waals surface area contributed by atoms with E-state index in [9.17, 15) is 18.0 Å². The normalized spacial score (nSPS) is 16.1. The second-order valence-corrected chi connectivity index (χ2v) is 7.12. The van der Waals surface area contributed by atoms with E-state index < -0.39 is 23.7 Å². The maximum atomic E-state index is 13.1. The third kappa shape index (κ3) is 3.76. The Morgan fingerprint density at radius 2 is 1.93 bits per heavy atom. The Labute approximate surface area is 174 Å². The highest BCUT2D eigenvalue weighted by Crippen LogP contribution is 2.36. The van der Waals surface area contributed by atoms with Gasteiger partial charge in [-0.3, -0.25) is 4.79 Å². The fraction of sp³-hybridized carbons (Fsp3) is 0.150. The SMILES string of the molecule is CC1=C(C(=O)Nc2cccc(C(F)(F)F)c2)C(c2ccc(Cl)cc2)n2ncnc2N1. The number of nitrogens with zero attached hydrogens (tertiary/aromatic N) is 3. The Hall–Kier alpha value is -3.33. The number of hydrogen-bond acceptors (Lipinski definition) is 4. The smallest absolute Gasteiger partial charge is 0.328 e. The lowest BCUT2D eigenvalue weighted by Gasteiger charge is -2.28. The first-order valence-electron chi connectivity index (χ1n) is 8.85. The summed E-state index contributed by atoms with van der Waals surface area (Å²) in [5, 5.41) is 10.3. The van der Waals surface area contributed by atoms with Gasteiger partial charge in [-0.1, -0.05) is 29.8 Å². The van der Waals surface area contributed by atoms with Crippen LogP contribution < -0.4 is 10.6 Å². The number of anilines is 2. The molecule has 0 spiro atoms. The molecule has 1 aliphatic rings. The Kier molecular flexibility index (Phi) is 4.98. The van der Waals surface area contributed by atoms with Gasteiger partial charge in [0.05, 0.1) is 11.1 Å². The maximum Gasteiger partial charge on any atom is 0.416 e. The number of rotatable bonds is 3. The van der Waals surface area contributed by atoms with Crippen molar-refractivity contribution in [2.45, 2.75) is 19.1 Å². The molecule has 10 heteroatoms. The fourth-order valence-corrected chi connectivity index (χ4v) is 3.44. The van der Waals surface area contributed by atoms with E-state index in [4.69, 9.17) is 11.6 Å². The molecular formula is C20H15ClF3N5O. The Balaban J connectivity index is 1.72. The summed E-state index contributed by atoms with van der Waals surface area (Å²) in [6.45, 7) is 1.70. The monoisotopic (exact) mass is 433 g/mol. The van der Waals surface area contributed by atoms with Crippen LogP contribution in [0.15, 0.2) is 66.1 Å². The summed E-state index contributed by atoms with van der Waals surface area (Å²) in [6, 6.07) is 10.7. The zero-order valence-electron chi connectivity index (χ0n) is 15.5. The minimum absolute atomic E-state index is 0.0365. The first kappa shape index (κ1) is 20.0. The van der Waals surface area contributed by atoms with Gasteiger partial charge in [-0.15, -0.1) is 0 Å². The molecule has 1 aliphatic heterocycles. The van der Waals surface area contributed by atoms with E-state index in [0.717, 1.165) is 17.7 Å². The molecule has 2 heterocycles. The fourth-order valence-electron chi connectivity index (χ4n) is 3.31. The molecule has 3 aromatic rings. The van der Waals surface area contributed by atoms with Crippen LogP contribution in [0.2, 0.25) is 5.02 Å². The minimum Gasteiger partial charge on any atom is -0.328 e. The zero-order chi connectivity index (χ0) is 21.5. The number of nitrogens with one attached hydrogen (secondary N) is 2. The highest BCUT2D eigenvalue weighted by atomic mass is 35.5. The molecule has 2 N–H and O–H groups in total. The highest BCUT2D eigenvalue weighted by molar-refractivity contribution is 6.30. The van der Waals surface area contributed by atoms with Crippen molar-refractivity contribution in [2.24, 2.45) is 0 Å². The average Bonchev–Trinajstić information content (AvgIpc) is 3.15.